The molecule has 1 aliphatic heterocycles. The summed E-state index contributed by atoms with van der Waals surface area (Å²) in [7, 11) is 1.72. The van der Waals surface area contributed by atoms with Gasteiger partial charge in [-0.2, -0.15) is 0 Å². The van der Waals surface area contributed by atoms with E-state index in [1.165, 1.54) is 0 Å². The fourth-order valence-electron chi connectivity index (χ4n) is 1.99. The molecular formula is C13H10ClN3O. The Hall–Kier alpha value is -2.07. The maximum atomic E-state index is 12.3. The van der Waals surface area contributed by atoms with Gasteiger partial charge in [-0.05, 0) is 24.3 Å². The van der Waals surface area contributed by atoms with Gasteiger partial charge in [-0.15, -0.1) is 0 Å². The summed E-state index contributed by atoms with van der Waals surface area (Å²) in [5.41, 5.74) is 2.07. The van der Waals surface area contributed by atoms with Crippen LogP contribution in [-0.4, -0.2) is 17.9 Å². The summed E-state index contributed by atoms with van der Waals surface area (Å²) in [5.74, 6) is 0.518. The fourth-order valence-corrected chi connectivity index (χ4v) is 2.13. The minimum absolute atomic E-state index is 0.0685. The van der Waals surface area contributed by atoms with Gasteiger partial charge in [-0.1, -0.05) is 23.7 Å². The van der Waals surface area contributed by atoms with Crippen LogP contribution in [0.15, 0.2) is 36.4 Å². The molecule has 0 fully saturated rings. The van der Waals surface area contributed by atoms with Crippen LogP contribution < -0.4 is 10.2 Å². The van der Waals surface area contributed by atoms with Gasteiger partial charge in [0.25, 0.3) is 5.91 Å². The van der Waals surface area contributed by atoms with E-state index >= 15 is 0 Å². The van der Waals surface area contributed by atoms with E-state index in [-0.39, 0.29) is 5.91 Å². The van der Waals surface area contributed by atoms with Gasteiger partial charge >= 0.3 is 0 Å². The smallest absolute Gasteiger partial charge is 0.260 e. The van der Waals surface area contributed by atoms with Gasteiger partial charge in [0, 0.05) is 7.05 Å². The molecule has 3 rings (SSSR count). The number of nitrogens with zero attached hydrogens (tertiary/aromatic N) is 2. The normalized spacial score (nSPS) is 13.4. The van der Waals surface area contributed by atoms with Crippen LogP contribution in [0.3, 0.4) is 0 Å². The lowest BCUT2D eigenvalue weighted by Crippen LogP contribution is -2.25. The molecule has 1 aliphatic rings. The summed E-state index contributed by atoms with van der Waals surface area (Å²) in [6.07, 6.45) is 0. The molecule has 5 heteroatoms. The van der Waals surface area contributed by atoms with Crippen molar-refractivity contribution >= 4 is 34.7 Å². The minimum Gasteiger partial charge on any atom is -0.338 e. The number of amides is 1. The Morgan fingerprint density at radius 3 is 2.83 bits per heavy atom. The Morgan fingerprint density at radius 1 is 1.22 bits per heavy atom. The number of aromatic nitrogens is 1. The molecule has 1 amide bonds. The number of carbonyl (C=O) groups is 1. The number of fused-ring (bicyclic) bond motifs is 2. The first-order valence-electron chi connectivity index (χ1n) is 5.47. The molecule has 0 atom stereocenters. The van der Waals surface area contributed by atoms with Crippen molar-refractivity contribution in [2.75, 3.05) is 17.3 Å². The topological polar surface area (TPSA) is 45.2 Å². The van der Waals surface area contributed by atoms with E-state index in [4.69, 9.17) is 11.6 Å². The van der Waals surface area contributed by atoms with Gasteiger partial charge in [0.15, 0.2) is 5.82 Å². The summed E-state index contributed by atoms with van der Waals surface area (Å²) in [6.45, 7) is 0. The second kappa shape index (κ2) is 3.99. The second-order valence-corrected chi connectivity index (χ2v) is 4.42. The molecule has 0 spiro atoms. The third-order valence-corrected chi connectivity index (χ3v) is 3.13. The lowest BCUT2D eigenvalue weighted by molar-refractivity contribution is 0.0994. The van der Waals surface area contributed by atoms with Crippen molar-refractivity contribution in [3.05, 3.63) is 47.1 Å². The monoisotopic (exact) mass is 259 g/mol. The lowest BCUT2D eigenvalue weighted by atomic mass is 10.1. The summed E-state index contributed by atoms with van der Waals surface area (Å²) in [5, 5.41) is 3.54. The largest absolute Gasteiger partial charge is 0.338 e. The molecule has 1 aromatic heterocycles. The van der Waals surface area contributed by atoms with E-state index in [1.54, 1.807) is 30.1 Å². The molecule has 1 aromatic carbocycles. The maximum absolute atomic E-state index is 12.3. The number of hydrogen-bond acceptors (Lipinski definition) is 3. The molecule has 4 nitrogen and oxygen atoms in total. The molecule has 0 radical (unpaired) electrons. The maximum Gasteiger partial charge on any atom is 0.260 e. The van der Waals surface area contributed by atoms with E-state index in [2.05, 4.69) is 10.3 Å². The van der Waals surface area contributed by atoms with E-state index in [1.807, 2.05) is 18.2 Å². The lowest BCUT2D eigenvalue weighted by Gasteiger charge is -2.16. The molecule has 0 bridgehead atoms. The zero-order chi connectivity index (χ0) is 12.7. The number of rotatable bonds is 0. The average molecular weight is 260 g/mol. The van der Waals surface area contributed by atoms with Gasteiger partial charge in [-0.3, -0.25) is 4.79 Å². The van der Waals surface area contributed by atoms with Gasteiger partial charge in [-0.25, -0.2) is 4.98 Å². The van der Waals surface area contributed by atoms with Crippen molar-refractivity contribution in [1.82, 2.24) is 4.98 Å². The first kappa shape index (κ1) is 11.0. The molecule has 18 heavy (non-hydrogen) atoms. The highest BCUT2D eigenvalue weighted by Crippen LogP contribution is 2.34. The van der Waals surface area contributed by atoms with E-state index in [0.717, 1.165) is 5.69 Å². The number of anilines is 3. The number of halogens is 1. The van der Waals surface area contributed by atoms with Crippen LogP contribution in [0.25, 0.3) is 0 Å². The van der Waals surface area contributed by atoms with Crippen LogP contribution in [0.2, 0.25) is 5.15 Å². The summed E-state index contributed by atoms with van der Waals surface area (Å²) < 4.78 is 0. The number of nitrogens with one attached hydrogen (secondary N) is 1. The Bertz CT molecular complexity index is 642. The molecule has 0 saturated carbocycles. The summed E-state index contributed by atoms with van der Waals surface area (Å²) >= 11 is 5.89. The summed E-state index contributed by atoms with van der Waals surface area (Å²) in [4.78, 5) is 18.1. The number of benzene rings is 1. The number of para-hydroxylation sites is 1. The van der Waals surface area contributed by atoms with Crippen molar-refractivity contribution in [2.45, 2.75) is 0 Å². The molecule has 2 aromatic rings. The Kier molecular flexibility index (Phi) is 2.45. The van der Waals surface area contributed by atoms with Crippen molar-refractivity contribution in [3.63, 3.8) is 0 Å². The van der Waals surface area contributed by atoms with Gasteiger partial charge in [0.1, 0.15) is 5.15 Å². The zero-order valence-electron chi connectivity index (χ0n) is 9.64. The van der Waals surface area contributed by atoms with Crippen molar-refractivity contribution in [1.29, 1.82) is 0 Å². The highest BCUT2D eigenvalue weighted by Gasteiger charge is 2.24. The molecule has 0 saturated heterocycles. The predicted molar refractivity (Wildman–Crippen MR) is 71.7 cm³/mol. The Labute approximate surface area is 109 Å². The quantitative estimate of drug-likeness (QED) is 0.740. The number of pyridine rings is 1. The highest BCUT2D eigenvalue weighted by molar-refractivity contribution is 6.29. The fraction of sp³-hybridized carbons (Fsp3) is 0.0769. The second-order valence-electron chi connectivity index (χ2n) is 4.04. The van der Waals surface area contributed by atoms with Crippen LogP contribution in [0, 0.1) is 0 Å². The van der Waals surface area contributed by atoms with E-state index < -0.39 is 0 Å². The van der Waals surface area contributed by atoms with Crippen molar-refractivity contribution in [3.8, 4) is 0 Å². The summed E-state index contributed by atoms with van der Waals surface area (Å²) in [6, 6.07) is 10.8. The predicted octanol–water partition coefficient (Wildman–Crippen LogP) is 3.07. The van der Waals surface area contributed by atoms with Crippen LogP contribution in [0.1, 0.15) is 10.4 Å². The zero-order valence-corrected chi connectivity index (χ0v) is 10.4. The highest BCUT2D eigenvalue weighted by atomic mass is 35.5. The van der Waals surface area contributed by atoms with Gasteiger partial charge < -0.3 is 10.2 Å². The molecule has 0 aliphatic carbocycles. The standard InChI is InChI=1S/C13H10ClN3O/c1-17-10-6-7-11(14)16-12(10)15-9-5-3-2-4-8(9)13(17)18/h2-7H,1H3,(H,15,16). The van der Waals surface area contributed by atoms with Crippen LogP contribution in [0.5, 0.6) is 0 Å². The Morgan fingerprint density at radius 2 is 2.00 bits per heavy atom. The molecule has 1 N–H and O–H groups in total. The SMILES string of the molecule is CN1C(=O)c2ccccc2Nc2nc(Cl)ccc21. The molecular weight excluding hydrogens is 250 g/mol. The molecule has 2 heterocycles. The molecule has 0 unspecified atom stereocenters. The first-order chi connectivity index (χ1) is 8.66. The average Bonchev–Trinajstić information content (AvgIpc) is 2.47. The third kappa shape index (κ3) is 1.62. The van der Waals surface area contributed by atoms with Gasteiger partial charge in [0.05, 0.1) is 16.9 Å². The van der Waals surface area contributed by atoms with E-state index in [0.29, 0.717) is 22.2 Å². The molecule has 90 valence electrons. The van der Waals surface area contributed by atoms with Crippen LogP contribution in [-0.2, 0) is 0 Å². The van der Waals surface area contributed by atoms with Crippen molar-refractivity contribution in [2.24, 2.45) is 0 Å². The van der Waals surface area contributed by atoms with E-state index in [9.17, 15) is 4.79 Å². The third-order valence-electron chi connectivity index (χ3n) is 2.92. The minimum atomic E-state index is -0.0685. The van der Waals surface area contributed by atoms with Gasteiger partial charge in [0.2, 0.25) is 0 Å². The Balaban J connectivity index is 2.24. The van der Waals surface area contributed by atoms with Crippen LogP contribution in [0.4, 0.5) is 17.2 Å². The van der Waals surface area contributed by atoms with Crippen molar-refractivity contribution < 1.29 is 4.79 Å². The van der Waals surface area contributed by atoms with Crippen LogP contribution >= 0.6 is 11.6 Å². The number of carbonyl (C=O) groups excluding carboxylic acids is 1. The number of hydrogen-bond donors (Lipinski definition) is 1. The first-order valence-corrected chi connectivity index (χ1v) is 5.85.